The highest BCUT2D eigenvalue weighted by atomic mass is 79.9. The van der Waals surface area contributed by atoms with Crippen LogP contribution in [0, 0.1) is 5.41 Å². The molecule has 0 amide bonds. The van der Waals surface area contributed by atoms with Gasteiger partial charge in [0.2, 0.25) is 0 Å². The monoisotopic (exact) mass is 319 g/mol. The molecule has 0 atom stereocenters. The molecule has 96 valence electrons. The summed E-state index contributed by atoms with van der Waals surface area (Å²) < 4.78 is 3.50. The van der Waals surface area contributed by atoms with Crippen molar-refractivity contribution in [3.05, 3.63) is 52.4 Å². The van der Waals surface area contributed by atoms with Gasteiger partial charge < -0.3 is 9.77 Å². The smallest absolute Gasteiger partial charge is 0.192 e. The maximum absolute atomic E-state index is 9.36. The van der Waals surface area contributed by atoms with E-state index < -0.39 is 0 Å². The number of imidazole rings is 1. The topological polar surface area (TPSA) is 79.7 Å². The molecule has 0 aliphatic carbocycles. The lowest BCUT2D eigenvalue weighted by atomic mass is 10.2. The minimum absolute atomic E-state index is 0.0713. The van der Waals surface area contributed by atoms with Crippen LogP contribution in [0.15, 0.2) is 41.4 Å². The molecule has 3 rings (SSSR count). The minimum atomic E-state index is -0.0713. The maximum atomic E-state index is 9.36. The average molecular weight is 320 g/mol. The zero-order chi connectivity index (χ0) is 13.4. The van der Waals surface area contributed by atoms with Gasteiger partial charge in [0.1, 0.15) is 6.33 Å². The third-order valence-electron chi connectivity index (χ3n) is 2.79. The zero-order valence-corrected chi connectivity index (χ0v) is 11.4. The van der Waals surface area contributed by atoms with E-state index in [1.807, 2.05) is 28.8 Å². The third-order valence-corrected chi connectivity index (χ3v) is 3.29. The van der Waals surface area contributed by atoms with Crippen LogP contribution < -0.4 is 5.49 Å². The molecule has 0 fully saturated rings. The molecule has 19 heavy (non-hydrogen) atoms. The molecule has 7 heteroatoms. The molecular weight excluding hydrogens is 310 g/mol. The van der Waals surface area contributed by atoms with E-state index in [0.29, 0.717) is 22.4 Å². The van der Waals surface area contributed by atoms with E-state index in [1.165, 1.54) is 6.33 Å². The lowest BCUT2D eigenvalue weighted by molar-refractivity contribution is 0.168. The molecule has 0 spiro atoms. The SMILES string of the molecule is N=c1c2ncn(Cc3cccc(Br)c3)c2ncn1O. The highest BCUT2D eigenvalue weighted by Crippen LogP contribution is 2.14. The van der Waals surface area contributed by atoms with Crippen molar-refractivity contribution in [2.75, 3.05) is 0 Å². The molecule has 0 aliphatic rings. The van der Waals surface area contributed by atoms with Crippen LogP contribution in [0.5, 0.6) is 0 Å². The van der Waals surface area contributed by atoms with Crippen molar-refractivity contribution < 1.29 is 5.21 Å². The second kappa shape index (κ2) is 4.51. The molecule has 0 saturated carbocycles. The Bertz CT molecular complexity index is 807. The molecule has 6 nitrogen and oxygen atoms in total. The first kappa shape index (κ1) is 11.9. The lowest BCUT2D eigenvalue weighted by Crippen LogP contribution is -2.18. The van der Waals surface area contributed by atoms with E-state index in [2.05, 4.69) is 25.9 Å². The predicted octanol–water partition coefficient (Wildman–Crippen LogP) is 1.76. The van der Waals surface area contributed by atoms with Crippen LogP contribution in [0.1, 0.15) is 5.56 Å². The van der Waals surface area contributed by atoms with Gasteiger partial charge in [0.15, 0.2) is 16.7 Å². The minimum Gasteiger partial charge on any atom is -0.425 e. The first-order chi connectivity index (χ1) is 9.15. The zero-order valence-electron chi connectivity index (χ0n) is 9.79. The van der Waals surface area contributed by atoms with Crippen molar-refractivity contribution in [2.24, 2.45) is 0 Å². The molecule has 2 heterocycles. The van der Waals surface area contributed by atoms with Crippen LogP contribution in [0.3, 0.4) is 0 Å². The molecule has 0 aliphatic heterocycles. The Morgan fingerprint density at radius 2 is 2.11 bits per heavy atom. The van der Waals surface area contributed by atoms with Gasteiger partial charge in [0.25, 0.3) is 0 Å². The molecule has 0 saturated heterocycles. The molecule has 0 unspecified atom stereocenters. The number of benzene rings is 1. The van der Waals surface area contributed by atoms with Crippen LogP contribution in [-0.4, -0.2) is 24.5 Å². The number of halogens is 1. The van der Waals surface area contributed by atoms with Crippen LogP contribution >= 0.6 is 15.9 Å². The van der Waals surface area contributed by atoms with Crippen molar-refractivity contribution in [3.63, 3.8) is 0 Å². The third kappa shape index (κ3) is 2.12. The lowest BCUT2D eigenvalue weighted by Gasteiger charge is -2.04. The fourth-order valence-electron chi connectivity index (χ4n) is 1.90. The normalized spacial score (nSPS) is 11.0. The molecule has 2 N–H and O–H groups in total. The van der Waals surface area contributed by atoms with E-state index >= 15 is 0 Å². The van der Waals surface area contributed by atoms with E-state index in [9.17, 15) is 5.21 Å². The van der Waals surface area contributed by atoms with E-state index in [1.54, 1.807) is 6.33 Å². The van der Waals surface area contributed by atoms with Gasteiger partial charge in [0, 0.05) is 4.47 Å². The number of hydrogen-bond donors (Lipinski definition) is 2. The summed E-state index contributed by atoms with van der Waals surface area (Å²) in [7, 11) is 0. The largest absolute Gasteiger partial charge is 0.425 e. The highest BCUT2D eigenvalue weighted by molar-refractivity contribution is 9.10. The van der Waals surface area contributed by atoms with Crippen molar-refractivity contribution in [1.29, 1.82) is 5.41 Å². The van der Waals surface area contributed by atoms with Gasteiger partial charge in [-0.3, -0.25) is 5.41 Å². The van der Waals surface area contributed by atoms with Gasteiger partial charge >= 0.3 is 0 Å². The molecule has 1 aromatic carbocycles. The molecule has 0 bridgehead atoms. The van der Waals surface area contributed by atoms with Gasteiger partial charge in [-0.1, -0.05) is 28.1 Å². The van der Waals surface area contributed by atoms with Gasteiger partial charge in [0.05, 0.1) is 12.9 Å². The molecule has 2 aromatic heterocycles. The van der Waals surface area contributed by atoms with Crippen LogP contribution in [0.4, 0.5) is 0 Å². The summed E-state index contributed by atoms with van der Waals surface area (Å²) >= 11 is 3.43. The van der Waals surface area contributed by atoms with Gasteiger partial charge in [-0.2, -0.15) is 4.73 Å². The second-order valence-electron chi connectivity index (χ2n) is 4.11. The fourth-order valence-corrected chi connectivity index (χ4v) is 2.35. The summed E-state index contributed by atoms with van der Waals surface area (Å²) in [5.74, 6) is 0. The van der Waals surface area contributed by atoms with E-state index in [0.717, 1.165) is 10.0 Å². The summed E-state index contributed by atoms with van der Waals surface area (Å²) in [5.41, 5.74) is 1.98. The summed E-state index contributed by atoms with van der Waals surface area (Å²) in [5, 5.41) is 17.1. The summed E-state index contributed by atoms with van der Waals surface area (Å²) in [6.45, 7) is 0.609. The number of nitrogens with one attached hydrogen (secondary N) is 1. The quantitative estimate of drug-likeness (QED) is 0.706. The Kier molecular flexibility index (Phi) is 2.83. The maximum Gasteiger partial charge on any atom is 0.192 e. The van der Waals surface area contributed by atoms with Crippen molar-refractivity contribution in [3.8, 4) is 0 Å². The van der Waals surface area contributed by atoms with E-state index in [-0.39, 0.29) is 5.49 Å². The molecule has 3 aromatic rings. The number of fused-ring (bicyclic) bond motifs is 1. The summed E-state index contributed by atoms with van der Waals surface area (Å²) in [4.78, 5) is 8.22. The number of rotatable bonds is 2. The first-order valence-electron chi connectivity index (χ1n) is 5.56. The van der Waals surface area contributed by atoms with Gasteiger partial charge in [-0.25, -0.2) is 9.97 Å². The highest BCUT2D eigenvalue weighted by Gasteiger charge is 2.08. The van der Waals surface area contributed by atoms with Crippen molar-refractivity contribution in [2.45, 2.75) is 6.54 Å². The van der Waals surface area contributed by atoms with Gasteiger partial charge in [-0.15, -0.1) is 0 Å². The Morgan fingerprint density at radius 1 is 1.26 bits per heavy atom. The van der Waals surface area contributed by atoms with Crippen LogP contribution in [-0.2, 0) is 6.54 Å². The van der Waals surface area contributed by atoms with Gasteiger partial charge in [-0.05, 0) is 17.7 Å². The fraction of sp³-hybridized carbons (Fsp3) is 0.0833. The Morgan fingerprint density at radius 3 is 2.89 bits per heavy atom. The van der Waals surface area contributed by atoms with Crippen molar-refractivity contribution >= 4 is 27.1 Å². The number of hydrogen-bond acceptors (Lipinski definition) is 4. The van der Waals surface area contributed by atoms with E-state index in [4.69, 9.17) is 5.41 Å². The van der Waals surface area contributed by atoms with Crippen LogP contribution in [0.2, 0.25) is 0 Å². The molecule has 0 radical (unpaired) electrons. The average Bonchev–Trinajstić information content (AvgIpc) is 2.78. The van der Waals surface area contributed by atoms with Crippen molar-refractivity contribution in [1.82, 2.24) is 19.3 Å². The second-order valence-corrected chi connectivity index (χ2v) is 5.03. The number of aromatic nitrogens is 4. The predicted molar refractivity (Wildman–Crippen MR) is 71.8 cm³/mol. The van der Waals surface area contributed by atoms with Crippen LogP contribution in [0.25, 0.3) is 11.2 Å². The molecular formula is C12H10BrN5O. The first-order valence-corrected chi connectivity index (χ1v) is 6.35. The number of nitrogens with zero attached hydrogens (tertiary/aromatic N) is 4. The summed E-state index contributed by atoms with van der Waals surface area (Å²) in [6, 6.07) is 7.95. The Hall–Kier alpha value is -2.15. The standard InChI is InChI=1S/C12H10BrN5O/c13-9-3-1-2-8(4-9)5-17-6-15-10-11(14)18(19)7-16-12(10)17/h1-4,6-7,14,19H,5H2. The Balaban J connectivity index is 2.07. The Labute approximate surface area is 116 Å². The summed E-state index contributed by atoms with van der Waals surface area (Å²) in [6.07, 6.45) is 2.82.